The van der Waals surface area contributed by atoms with Crippen LogP contribution in [0, 0.1) is 13.8 Å². The number of hydrogen-bond donors (Lipinski definition) is 1. The van der Waals surface area contributed by atoms with Gasteiger partial charge in [0.25, 0.3) is 5.91 Å². The molecule has 0 spiro atoms. The molecule has 6 nitrogen and oxygen atoms in total. The Hall–Kier alpha value is -3.41. The van der Waals surface area contributed by atoms with Crippen molar-refractivity contribution >= 4 is 28.5 Å². The second kappa shape index (κ2) is 7.45. The van der Waals surface area contributed by atoms with Gasteiger partial charge in [0.15, 0.2) is 11.2 Å². The van der Waals surface area contributed by atoms with Gasteiger partial charge in [0.1, 0.15) is 5.58 Å². The largest absolute Gasteiger partial charge is 0.462 e. The number of hydrogen-bond acceptors (Lipinski definition) is 5. The average molecular weight is 365 g/mol. The monoisotopic (exact) mass is 365 g/mol. The van der Waals surface area contributed by atoms with Crippen molar-refractivity contribution in [2.45, 2.75) is 20.8 Å². The summed E-state index contributed by atoms with van der Waals surface area (Å²) in [6, 6.07) is 11.1. The molecule has 1 amide bonds. The van der Waals surface area contributed by atoms with Crippen LogP contribution in [0.2, 0.25) is 0 Å². The van der Waals surface area contributed by atoms with Crippen LogP contribution in [0.15, 0.2) is 51.7 Å². The molecule has 1 heterocycles. The zero-order valence-electron chi connectivity index (χ0n) is 15.3. The quantitative estimate of drug-likeness (QED) is 0.710. The summed E-state index contributed by atoms with van der Waals surface area (Å²) in [6.45, 7) is 5.74. The summed E-state index contributed by atoms with van der Waals surface area (Å²) < 4.78 is 10.6. The summed E-state index contributed by atoms with van der Waals surface area (Å²) >= 11 is 0. The molecule has 0 radical (unpaired) electrons. The molecular weight excluding hydrogens is 346 g/mol. The van der Waals surface area contributed by atoms with Crippen LogP contribution >= 0.6 is 0 Å². The first-order chi connectivity index (χ1) is 12.9. The van der Waals surface area contributed by atoms with Crippen LogP contribution in [0.4, 0.5) is 5.69 Å². The van der Waals surface area contributed by atoms with E-state index >= 15 is 0 Å². The molecule has 6 heteroatoms. The number of carbonyl (C=O) groups excluding carboxylic acids is 2. The van der Waals surface area contributed by atoms with E-state index in [1.807, 2.05) is 19.9 Å². The highest BCUT2D eigenvalue weighted by molar-refractivity contribution is 6.03. The second-order valence-corrected chi connectivity index (χ2v) is 6.18. The molecule has 0 unspecified atom stereocenters. The summed E-state index contributed by atoms with van der Waals surface area (Å²) in [5, 5.41) is 3.12. The fourth-order valence-corrected chi connectivity index (χ4v) is 2.87. The molecule has 0 aliphatic heterocycles. The summed E-state index contributed by atoms with van der Waals surface area (Å²) in [5.41, 5.74) is 2.71. The predicted molar refractivity (Wildman–Crippen MR) is 102 cm³/mol. The highest BCUT2D eigenvalue weighted by Gasteiger charge is 2.15. The molecule has 2 aromatic carbocycles. The Morgan fingerprint density at radius 3 is 2.44 bits per heavy atom. The SMILES string of the molecule is CCOC(=O)c1ccc(NC(=O)c2cc(=O)c3c(C)cc(C)cc3o2)cc1. The van der Waals surface area contributed by atoms with Crippen molar-refractivity contribution in [1.82, 2.24) is 0 Å². The van der Waals surface area contributed by atoms with E-state index in [1.54, 1.807) is 37.3 Å². The van der Waals surface area contributed by atoms with E-state index in [-0.39, 0.29) is 17.8 Å². The van der Waals surface area contributed by atoms with E-state index in [0.29, 0.717) is 22.2 Å². The summed E-state index contributed by atoms with van der Waals surface area (Å²) in [6.07, 6.45) is 0. The van der Waals surface area contributed by atoms with Gasteiger partial charge in [0, 0.05) is 11.8 Å². The second-order valence-electron chi connectivity index (χ2n) is 6.18. The third kappa shape index (κ3) is 3.89. The Kier molecular flexibility index (Phi) is 5.07. The number of benzene rings is 2. The number of rotatable bonds is 4. The lowest BCUT2D eigenvalue weighted by Gasteiger charge is -2.08. The normalized spacial score (nSPS) is 10.6. The predicted octanol–water partition coefficient (Wildman–Crippen LogP) is 3.84. The number of esters is 1. The van der Waals surface area contributed by atoms with E-state index in [2.05, 4.69) is 5.32 Å². The van der Waals surface area contributed by atoms with Gasteiger partial charge in [0.05, 0.1) is 17.6 Å². The van der Waals surface area contributed by atoms with Crippen molar-refractivity contribution in [3.8, 4) is 0 Å². The van der Waals surface area contributed by atoms with Gasteiger partial charge in [-0.1, -0.05) is 6.07 Å². The van der Waals surface area contributed by atoms with Gasteiger partial charge in [-0.15, -0.1) is 0 Å². The number of anilines is 1. The third-order valence-corrected chi connectivity index (χ3v) is 4.05. The van der Waals surface area contributed by atoms with Crippen LogP contribution in [0.25, 0.3) is 11.0 Å². The van der Waals surface area contributed by atoms with Crippen molar-refractivity contribution in [1.29, 1.82) is 0 Å². The fraction of sp³-hybridized carbons (Fsp3) is 0.190. The maximum Gasteiger partial charge on any atom is 0.338 e. The van der Waals surface area contributed by atoms with Crippen molar-refractivity contribution in [3.63, 3.8) is 0 Å². The minimum absolute atomic E-state index is 0.0769. The third-order valence-electron chi connectivity index (χ3n) is 4.05. The minimum Gasteiger partial charge on any atom is -0.462 e. The van der Waals surface area contributed by atoms with Crippen molar-refractivity contribution in [2.24, 2.45) is 0 Å². The minimum atomic E-state index is -0.544. The van der Waals surface area contributed by atoms with Crippen molar-refractivity contribution in [2.75, 3.05) is 11.9 Å². The first-order valence-electron chi connectivity index (χ1n) is 8.52. The number of aryl methyl sites for hydroxylation is 2. The average Bonchev–Trinajstić information content (AvgIpc) is 2.61. The van der Waals surface area contributed by atoms with Crippen LogP contribution in [0.3, 0.4) is 0 Å². The molecule has 0 aliphatic carbocycles. The highest BCUT2D eigenvalue weighted by atomic mass is 16.5. The van der Waals surface area contributed by atoms with Crippen LogP contribution in [0.5, 0.6) is 0 Å². The van der Waals surface area contributed by atoms with Crippen molar-refractivity contribution in [3.05, 3.63) is 75.1 Å². The smallest absolute Gasteiger partial charge is 0.338 e. The van der Waals surface area contributed by atoms with Gasteiger partial charge in [-0.25, -0.2) is 4.79 Å². The number of carbonyl (C=O) groups is 2. The van der Waals surface area contributed by atoms with Gasteiger partial charge < -0.3 is 14.5 Å². The standard InChI is InChI=1S/C21H19NO5/c1-4-26-21(25)14-5-7-15(8-6-14)22-20(24)18-11-16(23)19-13(3)9-12(2)10-17(19)27-18/h5-11H,4H2,1-3H3,(H,22,24). The van der Waals surface area contributed by atoms with E-state index < -0.39 is 11.9 Å². The zero-order chi connectivity index (χ0) is 19.6. The van der Waals surface area contributed by atoms with Crippen molar-refractivity contribution < 1.29 is 18.7 Å². The molecule has 138 valence electrons. The Labute approximate surface area is 155 Å². The Morgan fingerprint density at radius 1 is 1.07 bits per heavy atom. The number of nitrogens with one attached hydrogen (secondary N) is 1. The molecule has 0 saturated heterocycles. The molecular formula is C21H19NO5. The molecule has 0 fully saturated rings. The number of ether oxygens (including phenoxy) is 1. The first-order valence-corrected chi connectivity index (χ1v) is 8.52. The first kappa shape index (κ1) is 18.4. The van der Waals surface area contributed by atoms with Crippen LogP contribution in [-0.4, -0.2) is 18.5 Å². The summed E-state index contributed by atoms with van der Waals surface area (Å²) in [5.74, 6) is -1.05. The summed E-state index contributed by atoms with van der Waals surface area (Å²) in [7, 11) is 0. The molecule has 1 aromatic heterocycles. The van der Waals surface area contributed by atoms with Gasteiger partial charge in [-0.3, -0.25) is 9.59 Å². The van der Waals surface area contributed by atoms with Crippen LogP contribution in [0.1, 0.15) is 39.0 Å². The Balaban J connectivity index is 1.86. The lowest BCUT2D eigenvalue weighted by molar-refractivity contribution is 0.0526. The van der Waals surface area contributed by atoms with E-state index in [9.17, 15) is 14.4 Å². The van der Waals surface area contributed by atoms with Crippen LogP contribution < -0.4 is 10.7 Å². The Bertz CT molecular complexity index is 1080. The van der Waals surface area contributed by atoms with E-state index in [0.717, 1.165) is 11.1 Å². The van der Waals surface area contributed by atoms with Crippen LogP contribution in [-0.2, 0) is 4.74 Å². The fourth-order valence-electron chi connectivity index (χ4n) is 2.87. The molecule has 27 heavy (non-hydrogen) atoms. The molecule has 0 aliphatic rings. The molecule has 3 aromatic rings. The molecule has 0 saturated carbocycles. The zero-order valence-corrected chi connectivity index (χ0v) is 15.3. The van der Waals surface area contributed by atoms with Gasteiger partial charge >= 0.3 is 5.97 Å². The number of amides is 1. The lowest BCUT2D eigenvalue weighted by Crippen LogP contribution is -2.15. The van der Waals surface area contributed by atoms with E-state index in [1.165, 1.54) is 6.07 Å². The molecule has 0 atom stereocenters. The molecule has 0 bridgehead atoms. The molecule has 1 N–H and O–H groups in total. The van der Waals surface area contributed by atoms with Gasteiger partial charge in [-0.05, 0) is 62.2 Å². The molecule has 3 rings (SSSR count). The highest BCUT2D eigenvalue weighted by Crippen LogP contribution is 2.19. The van der Waals surface area contributed by atoms with Gasteiger partial charge in [-0.2, -0.15) is 0 Å². The summed E-state index contributed by atoms with van der Waals surface area (Å²) in [4.78, 5) is 36.5. The maximum absolute atomic E-state index is 12.5. The lowest BCUT2D eigenvalue weighted by atomic mass is 10.1. The van der Waals surface area contributed by atoms with E-state index in [4.69, 9.17) is 9.15 Å². The van der Waals surface area contributed by atoms with Gasteiger partial charge in [0.2, 0.25) is 0 Å². The maximum atomic E-state index is 12.5. The Morgan fingerprint density at radius 2 is 1.78 bits per heavy atom. The topological polar surface area (TPSA) is 85.6 Å². The number of fused-ring (bicyclic) bond motifs is 1.